The fourth-order valence-corrected chi connectivity index (χ4v) is 0.819. The number of rotatable bonds is 0. The zero-order chi connectivity index (χ0) is 7.40. The molecule has 0 spiro atoms. The van der Waals surface area contributed by atoms with E-state index in [0.29, 0.717) is 0 Å². The molecule has 0 aliphatic heterocycles. The lowest BCUT2D eigenvalue weighted by Crippen LogP contribution is -1.75. The summed E-state index contributed by atoms with van der Waals surface area (Å²) in [6.45, 7) is 4.23. The van der Waals surface area contributed by atoms with Crippen molar-refractivity contribution >= 4 is 0 Å². The van der Waals surface area contributed by atoms with Gasteiger partial charge in [0.05, 0.1) is 0 Å². The Morgan fingerprint density at radius 1 is 1.40 bits per heavy atom. The standard InChI is InChI=1S/C10H12/c1-9-5-3-4-6-10(2)8-7-9/h3,5-6,8H,7H2,1-2H3/b9-5-,10-8-. The molecule has 0 heterocycles. The van der Waals surface area contributed by atoms with Crippen LogP contribution in [0.1, 0.15) is 20.3 Å². The highest BCUT2D eigenvalue weighted by Crippen LogP contribution is 2.06. The van der Waals surface area contributed by atoms with Gasteiger partial charge in [0.2, 0.25) is 0 Å². The molecule has 0 atom stereocenters. The molecule has 1 rings (SSSR count). The summed E-state index contributed by atoms with van der Waals surface area (Å²) in [7, 11) is 0. The van der Waals surface area contributed by atoms with Crippen molar-refractivity contribution in [2.24, 2.45) is 0 Å². The third-order valence-electron chi connectivity index (χ3n) is 1.52. The lowest BCUT2D eigenvalue weighted by molar-refractivity contribution is 1.19. The van der Waals surface area contributed by atoms with Crippen LogP contribution in [-0.2, 0) is 0 Å². The van der Waals surface area contributed by atoms with Crippen LogP contribution in [0.3, 0.4) is 0 Å². The van der Waals surface area contributed by atoms with Crippen molar-refractivity contribution in [3.8, 4) is 0 Å². The predicted octanol–water partition coefficient (Wildman–Crippen LogP) is 2.99. The highest BCUT2D eigenvalue weighted by atomic mass is 13.9. The van der Waals surface area contributed by atoms with Crippen LogP contribution in [0.5, 0.6) is 0 Å². The van der Waals surface area contributed by atoms with Crippen LogP contribution in [0, 0.1) is 0 Å². The first-order valence-corrected chi connectivity index (χ1v) is 3.54. The summed E-state index contributed by atoms with van der Waals surface area (Å²) in [5, 5.41) is 0. The first-order chi connectivity index (χ1) is 4.79. The minimum absolute atomic E-state index is 1.07. The van der Waals surface area contributed by atoms with E-state index in [4.69, 9.17) is 0 Å². The van der Waals surface area contributed by atoms with Crippen LogP contribution in [0.4, 0.5) is 0 Å². The first kappa shape index (κ1) is 7.11. The quantitative estimate of drug-likeness (QED) is 0.444. The average Bonchev–Trinajstić information content (AvgIpc) is 1.90. The topological polar surface area (TPSA) is 0 Å². The van der Waals surface area contributed by atoms with Gasteiger partial charge in [-0.15, -0.1) is 5.73 Å². The van der Waals surface area contributed by atoms with E-state index in [0.717, 1.165) is 6.42 Å². The second-order valence-electron chi connectivity index (χ2n) is 2.64. The lowest BCUT2D eigenvalue weighted by atomic mass is 10.1. The van der Waals surface area contributed by atoms with Gasteiger partial charge < -0.3 is 0 Å². The van der Waals surface area contributed by atoms with Gasteiger partial charge in [0.15, 0.2) is 0 Å². The minimum atomic E-state index is 1.07. The van der Waals surface area contributed by atoms with Gasteiger partial charge in [-0.1, -0.05) is 17.7 Å². The Labute approximate surface area is 62.3 Å². The predicted molar refractivity (Wildman–Crippen MR) is 44.8 cm³/mol. The van der Waals surface area contributed by atoms with E-state index in [1.54, 1.807) is 0 Å². The molecular weight excluding hydrogens is 120 g/mol. The van der Waals surface area contributed by atoms with Gasteiger partial charge in [-0.25, -0.2) is 0 Å². The third-order valence-corrected chi connectivity index (χ3v) is 1.52. The van der Waals surface area contributed by atoms with Crippen LogP contribution < -0.4 is 0 Å². The molecule has 0 nitrogen and oxygen atoms in total. The van der Waals surface area contributed by atoms with E-state index in [9.17, 15) is 0 Å². The first-order valence-electron chi connectivity index (χ1n) is 3.54. The maximum atomic E-state index is 3.07. The Kier molecular flexibility index (Phi) is 2.30. The van der Waals surface area contributed by atoms with Crippen LogP contribution in [0.15, 0.2) is 41.2 Å². The van der Waals surface area contributed by atoms with Crippen molar-refractivity contribution < 1.29 is 0 Å². The van der Waals surface area contributed by atoms with Gasteiger partial charge in [0.25, 0.3) is 0 Å². The van der Waals surface area contributed by atoms with Crippen LogP contribution in [0.25, 0.3) is 0 Å². The second-order valence-corrected chi connectivity index (χ2v) is 2.64. The molecule has 0 aromatic rings. The Balaban J connectivity index is 2.89. The molecule has 10 heavy (non-hydrogen) atoms. The third kappa shape index (κ3) is 2.08. The van der Waals surface area contributed by atoms with Crippen molar-refractivity contribution in [1.82, 2.24) is 0 Å². The fourth-order valence-electron chi connectivity index (χ4n) is 0.819. The van der Waals surface area contributed by atoms with Crippen molar-refractivity contribution in [2.75, 3.05) is 0 Å². The second kappa shape index (κ2) is 3.24. The molecule has 0 amide bonds. The number of allylic oxidation sites excluding steroid dienone is 5. The highest BCUT2D eigenvalue weighted by molar-refractivity contribution is 5.24. The summed E-state index contributed by atoms with van der Waals surface area (Å²) in [6, 6.07) is 0. The SMILES string of the molecule is C/C1=C/C/C(C)=C\C=C=C1. The zero-order valence-electron chi connectivity index (χ0n) is 6.52. The van der Waals surface area contributed by atoms with Crippen LogP contribution >= 0.6 is 0 Å². The molecule has 0 saturated heterocycles. The molecular formula is C10H12. The maximum Gasteiger partial charge on any atom is -0.0132 e. The number of hydrogen-bond donors (Lipinski definition) is 0. The summed E-state index contributed by atoms with van der Waals surface area (Å²) in [5.41, 5.74) is 5.76. The molecule has 0 fully saturated rings. The lowest BCUT2D eigenvalue weighted by Gasteiger charge is -1.95. The average molecular weight is 132 g/mol. The van der Waals surface area contributed by atoms with Crippen molar-refractivity contribution in [2.45, 2.75) is 20.3 Å². The summed E-state index contributed by atoms with van der Waals surface area (Å²) in [6.07, 6.45) is 9.35. The molecule has 1 aliphatic carbocycles. The smallest absolute Gasteiger partial charge is 0.0132 e. The van der Waals surface area contributed by atoms with E-state index in [1.165, 1.54) is 11.1 Å². The summed E-state index contributed by atoms with van der Waals surface area (Å²) < 4.78 is 0. The van der Waals surface area contributed by atoms with Crippen molar-refractivity contribution in [3.63, 3.8) is 0 Å². The fraction of sp³-hybridized carbons (Fsp3) is 0.300. The normalized spacial score (nSPS) is 27.8. The van der Waals surface area contributed by atoms with E-state index in [1.807, 2.05) is 12.2 Å². The largest absolute Gasteiger partial charge is 0.121 e. The maximum absolute atomic E-state index is 3.07. The molecule has 0 aromatic heterocycles. The summed E-state index contributed by atoms with van der Waals surface area (Å²) in [4.78, 5) is 0. The van der Waals surface area contributed by atoms with Gasteiger partial charge in [-0.3, -0.25) is 0 Å². The highest BCUT2D eigenvalue weighted by Gasteiger charge is 1.86. The molecule has 0 unspecified atom stereocenters. The molecule has 52 valence electrons. The summed E-state index contributed by atoms with van der Waals surface area (Å²) >= 11 is 0. The molecule has 0 saturated carbocycles. The van der Waals surface area contributed by atoms with E-state index in [2.05, 4.69) is 31.7 Å². The van der Waals surface area contributed by atoms with Crippen molar-refractivity contribution in [3.05, 3.63) is 41.2 Å². The Hall–Kier alpha value is -1.00. The van der Waals surface area contributed by atoms with Crippen LogP contribution in [0.2, 0.25) is 0 Å². The van der Waals surface area contributed by atoms with E-state index >= 15 is 0 Å². The van der Waals surface area contributed by atoms with Crippen molar-refractivity contribution in [1.29, 1.82) is 0 Å². The van der Waals surface area contributed by atoms with E-state index in [-0.39, 0.29) is 0 Å². The minimum Gasteiger partial charge on any atom is -0.121 e. The zero-order valence-corrected chi connectivity index (χ0v) is 6.52. The molecule has 1 aliphatic rings. The Morgan fingerprint density at radius 3 is 3.00 bits per heavy atom. The molecule has 0 N–H and O–H groups in total. The molecule has 0 heteroatoms. The van der Waals surface area contributed by atoms with Gasteiger partial charge in [0, 0.05) is 0 Å². The van der Waals surface area contributed by atoms with E-state index < -0.39 is 0 Å². The molecule has 0 bridgehead atoms. The summed E-state index contributed by atoms with van der Waals surface area (Å²) in [5.74, 6) is 0. The number of hydrogen-bond acceptors (Lipinski definition) is 0. The monoisotopic (exact) mass is 132 g/mol. The van der Waals surface area contributed by atoms with Gasteiger partial charge in [-0.2, -0.15) is 0 Å². The van der Waals surface area contributed by atoms with Gasteiger partial charge >= 0.3 is 0 Å². The van der Waals surface area contributed by atoms with Gasteiger partial charge in [-0.05, 0) is 38.0 Å². The van der Waals surface area contributed by atoms with Crippen LogP contribution in [-0.4, -0.2) is 0 Å². The molecule has 0 radical (unpaired) electrons. The Morgan fingerprint density at radius 2 is 2.20 bits per heavy atom. The van der Waals surface area contributed by atoms with Gasteiger partial charge in [0.1, 0.15) is 0 Å². The Bertz CT molecular complexity index is 233. The molecule has 0 aromatic carbocycles.